The smallest absolute Gasteiger partial charge is 0.124 e. The highest BCUT2D eigenvalue weighted by atomic mass is 35.5. The van der Waals surface area contributed by atoms with Gasteiger partial charge in [0.2, 0.25) is 0 Å². The molecule has 0 fully saturated rings. The highest BCUT2D eigenvalue weighted by molar-refractivity contribution is 6.30. The van der Waals surface area contributed by atoms with Gasteiger partial charge in [0.1, 0.15) is 5.75 Å². The number of benzene rings is 2. The summed E-state index contributed by atoms with van der Waals surface area (Å²) in [4.78, 5) is 0. The summed E-state index contributed by atoms with van der Waals surface area (Å²) >= 11 is 6.08. The van der Waals surface area contributed by atoms with Crippen molar-refractivity contribution in [2.75, 3.05) is 0 Å². The zero-order chi connectivity index (χ0) is 15.2. The first-order chi connectivity index (χ1) is 10.0. The summed E-state index contributed by atoms with van der Waals surface area (Å²) in [6, 6.07) is 14.3. The van der Waals surface area contributed by atoms with Crippen LogP contribution in [0.2, 0.25) is 5.02 Å². The minimum atomic E-state index is 0.155. The fourth-order valence-corrected chi connectivity index (χ4v) is 2.30. The molecule has 112 valence electrons. The van der Waals surface area contributed by atoms with E-state index in [0.717, 1.165) is 29.4 Å². The van der Waals surface area contributed by atoms with E-state index in [1.54, 1.807) is 0 Å². The van der Waals surface area contributed by atoms with Crippen LogP contribution in [0.25, 0.3) is 0 Å². The van der Waals surface area contributed by atoms with Gasteiger partial charge in [0.05, 0.1) is 6.10 Å². The van der Waals surface area contributed by atoms with E-state index in [9.17, 15) is 0 Å². The van der Waals surface area contributed by atoms with Crippen molar-refractivity contribution in [3.63, 3.8) is 0 Å². The quantitative estimate of drug-likeness (QED) is 0.833. The lowest BCUT2D eigenvalue weighted by Crippen LogP contribution is -2.15. The summed E-state index contributed by atoms with van der Waals surface area (Å²) in [6.45, 7) is 7.71. The Morgan fingerprint density at radius 2 is 1.76 bits per heavy atom. The van der Waals surface area contributed by atoms with Crippen molar-refractivity contribution in [3.8, 4) is 5.75 Å². The topological polar surface area (TPSA) is 21.3 Å². The number of halogens is 1. The van der Waals surface area contributed by atoms with Gasteiger partial charge in [0, 0.05) is 23.7 Å². The van der Waals surface area contributed by atoms with Crippen LogP contribution in [0.1, 0.15) is 30.5 Å². The summed E-state index contributed by atoms with van der Waals surface area (Å²) in [5, 5.41) is 4.17. The molecule has 2 rings (SSSR count). The van der Waals surface area contributed by atoms with Gasteiger partial charge in [-0.15, -0.1) is 0 Å². The maximum absolute atomic E-state index is 6.08. The molecule has 0 saturated heterocycles. The number of rotatable bonds is 6. The number of hydrogen-bond acceptors (Lipinski definition) is 2. The Morgan fingerprint density at radius 1 is 1.05 bits per heavy atom. The highest BCUT2D eigenvalue weighted by Gasteiger charge is 2.06. The Balaban J connectivity index is 1.98. The lowest BCUT2D eigenvalue weighted by Gasteiger charge is -2.15. The standard InChI is InChI=1S/C18H22ClNO/c1-13(2)21-18-9-8-17(19)10-16(18)12-20-11-15-6-4-14(3)5-7-15/h4-10,13,20H,11-12H2,1-3H3. The Bertz CT molecular complexity index is 578. The molecule has 0 aliphatic carbocycles. The molecule has 0 amide bonds. The van der Waals surface area contributed by atoms with E-state index in [4.69, 9.17) is 16.3 Å². The Hall–Kier alpha value is -1.51. The number of hydrogen-bond donors (Lipinski definition) is 1. The predicted molar refractivity (Wildman–Crippen MR) is 88.9 cm³/mol. The number of aryl methyl sites for hydroxylation is 1. The van der Waals surface area contributed by atoms with Crippen LogP contribution in [-0.4, -0.2) is 6.10 Å². The third-order valence-corrected chi connectivity index (χ3v) is 3.39. The zero-order valence-electron chi connectivity index (χ0n) is 12.8. The first kappa shape index (κ1) is 15.9. The molecule has 2 nitrogen and oxygen atoms in total. The minimum Gasteiger partial charge on any atom is -0.491 e. The highest BCUT2D eigenvalue weighted by Crippen LogP contribution is 2.24. The Labute approximate surface area is 132 Å². The molecule has 0 aliphatic rings. The van der Waals surface area contributed by atoms with E-state index in [-0.39, 0.29) is 6.10 Å². The van der Waals surface area contributed by atoms with Crippen LogP contribution in [0.5, 0.6) is 5.75 Å². The zero-order valence-corrected chi connectivity index (χ0v) is 13.6. The number of nitrogens with one attached hydrogen (secondary N) is 1. The molecule has 0 spiro atoms. The molecule has 0 aromatic heterocycles. The molecule has 0 heterocycles. The van der Waals surface area contributed by atoms with Gasteiger partial charge in [-0.3, -0.25) is 0 Å². The van der Waals surface area contributed by atoms with Gasteiger partial charge in [-0.25, -0.2) is 0 Å². The first-order valence-corrected chi connectivity index (χ1v) is 7.64. The van der Waals surface area contributed by atoms with Crippen LogP contribution < -0.4 is 10.1 Å². The van der Waals surface area contributed by atoms with Crippen LogP contribution >= 0.6 is 11.6 Å². The molecular formula is C18H22ClNO. The lowest BCUT2D eigenvalue weighted by atomic mass is 10.1. The predicted octanol–water partition coefficient (Wildman–Crippen LogP) is 4.73. The van der Waals surface area contributed by atoms with Gasteiger partial charge in [0.15, 0.2) is 0 Å². The normalized spacial score (nSPS) is 10.9. The molecule has 2 aromatic carbocycles. The van der Waals surface area contributed by atoms with E-state index in [2.05, 4.69) is 36.5 Å². The van der Waals surface area contributed by atoms with Gasteiger partial charge in [0.25, 0.3) is 0 Å². The fourth-order valence-electron chi connectivity index (χ4n) is 2.10. The molecule has 2 aromatic rings. The SMILES string of the molecule is Cc1ccc(CNCc2cc(Cl)ccc2OC(C)C)cc1. The molecule has 1 N–H and O–H groups in total. The van der Waals surface area contributed by atoms with Crippen molar-refractivity contribution >= 4 is 11.6 Å². The fraction of sp³-hybridized carbons (Fsp3) is 0.333. The Kier molecular flexibility index (Phi) is 5.66. The van der Waals surface area contributed by atoms with Crippen LogP contribution in [0.15, 0.2) is 42.5 Å². The molecule has 0 bridgehead atoms. The number of ether oxygens (including phenoxy) is 1. The molecule has 0 unspecified atom stereocenters. The summed E-state index contributed by atoms with van der Waals surface area (Å²) in [7, 11) is 0. The molecular weight excluding hydrogens is 282 g/mol. The van der Waals surface area contributed by atoms with Gasteiger partial charge in [-0.1, -0.05) is 41.4 Å². The average Bonchev–Trinajstić information content (AvgIpc) is 2.43. The second-order valence-corrected chi connectivity index (χ2v) is 5.94. The maximum atomic E-state index is 6.08. The Morgan fingerprint density at radius 3 is 2.43 bits per heavy atom. The summed E-state index contributed by atoms with van der Waals surface area (Å²) in [5.41, 5.74) is 3.64. The van der Waals surface area contributed by atoms with E-state index in [1.165, 1.54) is 11.1 Å². The van der Waals surface area contributed by atoms with Crippen molar-refractivity contribution in [1.29, 1.82) is 0 Å². The molecule has 0 radical (unpaired) electrons. The third-order valence-electron chi connectivity index (χ3n) is 3.15. The van der Waals surface area contributed by atoms with Gasteiger partial charge < -0.3 is 10.1 Å². The maximum Gasteiger partial charge on any atom is 0.124 e. The van der Waals surface area contributed by atoms with Crippen molar-refractivity contribution in [2.45, 2.75) is 40.0 Å². The molecule has 3 heteroatoms. The molecule has 0 saturated carbocycles. The van der Waals surface area contributed by atoms with Crippen LogP contribution in [-0.2, 0) is 13.1 Å². The van der Waals surface area contributed by atoms with Gasteiger partial charge >= 0.3 is 0 Å². The van der Waals surface area contributed by atoms with Crippen molar-refractivity contribution in [1.82, 2.24) is 5.32 Å². The van der Waals surface area contributed by atoms with E-state index < -0.39 is 0 Å². The second kappa shape index (κ2) is 7.48. The third kappa shape index (κ3) is 5.07. The van der Waals surface area contributed by atoms with Crippen LogP contribution in [0.3, 0.4) is 0 Å². The summed E-state index contributed by atoms with van der Waals surface area (Å²) in [5.74, 6) is 0.894. The average molecular weight is 304 g/mol. The van der Waals surface area contributed by atoms with Crippen molar-refractivity contribution in [2.24, 2.45) is 0 Å². The largest absolute Gasteiger partial charge is 0.491 e. The molecule has 0 atom stereocenters. The molecule has 0 aliphatic heterocycles. The van der Waals surface area contributed by atoms with E-state index >= 15 is 0 Å². The monoisotopic (exact) mass is 303 g/mol. The minimum absolute atomic E-state index is 0.155. The van der Waals surface area contributed by atoms with Gasteiger partial charge in [-0.05, 0) is 44.5 Å². The lowest BCUT2D eigenvalue weighted by molar-refractivity contribution is 0.239. The van der Waals surface area contributed by atoms with Crippen molar-refractivity contribution < 1.29 is 4.74 Å². The van der Waals surface area contributed by atoms with E-state index in [1.807, 2.05) is 32.0 Å². The summed E-state index contributed by atoms with van der Waals surface area (Å²) < 4.78 is 5.82. The van der Waals surface area contributed by atoms with Crippen molar-refractivity contribution in [3.05, 3.63) is 64.2 Å². The van der Waals surface area contributed by atoms with Crippen LogP contribution in [0, 0.1) is 6.92 Å². The van der Waals surface area contributed by atoms with Gasteiger partial charge in [-0.2, -0.15) is 0 Å². The van der Waals surface area contributed by atoms with Crippen LogP contribution in [0.4, 0.5) is 0 Å². The first-order valence-electron chi connectivity index (χ1n) is 7.26. The summed E-state index contributed by atoms with van der Waals surface area (Å²) in [6.07, 6.45) is 0.155. The molecule has 21 heavy (non-hydrogen) atoms. The second-order valence-electron chi connectivity index (χ2n) is 5.51. The van der Waals surface area contributed by atoms with E-state index in [0.29, 0.717) is 0 Å².